The Bertz CT molecular complexity index is 1140. The van der Waals surface area contributed by atoms with Crippen molar-refractivity contribution in [3.05, 3.63) is 72.3 Å². The van der Waals surface area contributed by atoms with E-state index in [4.69, 9.17) is 5.73 Å². The lowest BCUT2D eigenvalue weighted by Gasteiger charge is -2.45. The normalized spacial score (nSPS) is 17.0. The van der Waals surface area contributed by atoms with Gasteiger partial charge in [-0.1, -0.05) is 6.07 Å². The average Bonchev–Trinajstić information content (AvgIpc) is 3.35. The van der Waals surface area contributed by atoms with Gasteiger partial charge in [0.2, 0.25) is 0 Å². The molecule has 0 unspecified atom stereocenters. The minimum atomic E-state index is -1.67. The zero-order chi connectivity index (χ0) is 25.0. The zero-order valence-corrected chi connectivity index (χ0v) is 19.2. The number of amides is 2. The molecule has 2 atom stereocenters. The lowest BCUT2D eigenvalue weighted by Crippen LogP contribution is -2.57. The highest BCUT2D eigenvalue weighted by atomic mass is 19.1. The topological polar surface area (TPSA) is 125 Å². The highest BCUT2D eigenvalue weighted by molar-refractivity contribution is 5.73. The Morgan fingerprint density at radius 1 is 1.17 bits per heavy atom. The van der Waals surface area contributed by atoms with Crippen molar-refractivity contribution in [2.75, 3.05) is 36.5 Å². The number of anilines is 2. The van der Waals surface area contributed by atoms with Crippen molar-refractivity contribution in [1.29, 1.82) is 0 Å². The quantitative estimate of drug-likeness (QED) is 0.357. The van der Waals surface area contributed by atoms with Gasteiger partial charge < -0.3 is 15.7 Å². The summed E-state index contributed by atoms with van der Waals surface area (Å²) in [7, 11) is 0. The summed E-state index contributed by atoms with van der Waals surface area (Å²) in [5.41, 5.74) is 10.1. The number of nitrogens with two attached hydrogens (primary N) is 1. The smallest absolute Gasteiger partial charge is 0.330 e. The van der Waals surface area contributed by atoms with Gasteiger partial charge in [0.1, 0.15) is 29.9 Å². The Morgan fingerprint density at radius 2 is 1.89 bits per heavy atom. The molecule has 0 saturated carbocycles. The molecule has 2 heterocycles. The standard InChI is InChI=1S/C23H28F2N8O2/c1-16(23(35,13-33-15-27-14-28-33)20-7-2-17(24)12-21(20)25)31-8-10-32(11-9-31)19-5-3-18(4-6-19)29-30-22(26)34/h2-7,12,14-16,29,35H,8-11,13H2,1H3,(H3,26,30,34)/t16-,23-/m1/s1. The summed E-state index contributed by atoms with van der Waals surface area (Å²) in [6.07, 6.45) is 2.80. The minimum Gasteiger partial charge on any atom is -0.381 e. The van der Waals surface area contributed by atoms with Crippen LogP contribution < -0.4 is 21.5 Å². The Hall–Kier alpha value is -3.77. The molecule has 10 nitrogen and oxygen atoms in total. The van der Waals surface area contributed by atoms with Gasteiger partial charge in [-0.25, -0.2) is 23.2 Å². The van der Waals surface area contributed by atoms with Crippen molar-refractivity contribution >= 4 is 17.4 Å². The first-order valence-corrected chi connectivity index (χ1v) is 11.2. The van der Waals surface area contributed by atoms with Crippen molar-refractivity contribution in [2.24, 2.45) is 5.73 Å². The van der Waals surface area contributed by atoms with Gasteiger partial charge in [-0.05, 0) is 37.3 Å². The summed E-state index contributed by atoms with van der Waals surface area (Å²) in [5, 5.41) is 15.9. The molecule has 1 aliphatic heterocycles. The number of nitrogens with one attached hydrogen (secondary N) is 2. The van der Waals surface area contributed by atoms with E-state index in [0.717, 1.165) is 17.8 Å². The molecular weight excluding hydrogens is 458 g/mol. The second-order valence-electron chi connectivity index (χ2n) is 8.50. The largest absolute Gasteiger partial charge is 0.381 e. The highest BCUT2D eigenvalue weighted by Gasteiger charge is 2.42. The van der Waals surface area contributed by atoms with Crippen molar-refractivity contribution in [2.45, 2.75) is 25.1 Å². The fraction of sp³-hybridized carbons (Fsp3) is 0.348. The maximum absolute atomic E-state index is 14.8. The molecule has 1 saturated heterocycles. The summed E-state index contributed by atoms with van der Waals surface area (Å²) >= 11 is 0. The van der Waals surface area contributed by atoms with Gasteiger partial charge in [0, 0.05) is 49.5 Å². The molecule has 1 aromatic heterocycles. The van der Waals surface area contributed by atoms with Crippen LogP contribution >= 0.6 is 0 Å². The Balaban J connectivity index is 1.47. The number of hydrazine groups is 1. The maximum atomic E-state index is 14.8. The average molecular weight is 487 g/mol. The van der Waals surface area contributed by atoms with Crippen LogP contribution in [0.2, 0.25) is 0 Å². The van der Waals surface area contributed by atoms with E-state index in [9.17, 15) is 18.7 Å². The molecule has 35 heavy (non-hydrogen) atoms. The van der Waals surface area contributed by atoms with Crippen molar-refractivity contribution in [3.63, 3.8) is 0 Å². The number of aliphatic hydroxyl groups is 1. The van der Waals surface area contributed by atoms with Gasteiger partial charge in [-0.15, -0.1) is 0 Å². The molecule has 0 spiro atoms. The lowest BCUT2D eigenvalue weighted by molar-refractivity contribution is -0.0650. The molecular formula is C23H28F2N8O2. The number of carbonyl (C=O) groups excluding carboxylic acids is 1. The number of primary amides is 1. The monoisotopic (exact) mass is 486 g/mol. The molecule has 2 amide bonds. The first-order chi connectivity index (χ1) is 16.8. The molecule has 0 bridgehead atoms. The predicted octanol–water partition coefficient (Wildman–Crippen LogP) is 1.65. The number of piperazine rings is 1. The van der Waals surface area contributed by atoms with Crippen LogP contribution in [0, 0.1) is 11.6 Å². The number of benzene rings is 2. The van der Waals surface area contributed by atoms with Gasteiger partial charge in [0.15, 0.2) is 0 Å². The highest BCUT2D eigenvalue weighted by Crippen LogP contribution is 2.33. The van der Waals surface area contributed by atoms with Crippen LogP contribution in [0.3, 0.4) is 0 Å². The number of carbonyl (C=O) groups is 1. The van der Waals surface area contributed by atoms with Crippen LogP contribution in [-0.2, 0) is 12.1 Å². The number of rotatable bonds is 8. The van der Waals surface area contributed by atoms with Crippen LogP contribution in [0.5, 0.6) is 0 Å². The molecule has 4 rings (SSSR count). The van der Waals surface area contributed by atoms with E-state index >= 15 is 0 Å². The Labute approximate surface area is 201 Å². The zero-order valence-electron chi connectivity index (χ0n) is 19.2. The lowest BCUT2D eigenvalue weighted by atomic mass is 9.85. The maximum Gasteiger partial charge on any atom is 0.330 e. The molecule has 1 aliphatic rings. The third kappa shape index (κ3) is 5.49. The van der Waals surface area contributed by atoms with Gasteiger partial charge >= 0.3 is 6.03 Å². The molecule has 3 aromatic rings. The molecule has 0 aliphatic carbocycles. The van der Waals surface area contributed by atoms with Crippen molar-refractivity contribution < 1.29 is 18.7 Å². The number of halogens is 2. The molecule has 1 fully saturated rings. The number of aromatic nitrogens is 3. The van der Waals surface area contributed by atoms with E-state index in [1.54, 1.807) is 0 Å². The Kier molecular flexibility index (Phi) is 7.12. The molecule has 0 radical (unpaired) electrons. The van der Waals surface area contributed by atoms with Crippen LogP contribution in [0.1, 0.15) is 12.5 Å². The second-order valence-corrected chi connectivity index (χ2v) is 8.50. The van der Waals surface area contributed by atoms with E-state index in [-0.39, 0.29) is 12.1 Å². The van der Waals surface area contributed by atoms with Gasteiger partial charge in [-0.2, -0.15) is 5.10 Å². The third-order valence-electron chi connectivity index (χ3n) is 6.38. The van der Waals surface area contributed by atoms with Crippen LogP contribution in [0.15, 0.2) is 55.1 Å². The molecule has 5 N–H and O–H groups in total. The fourth-order valence-corrected chi connectivity index (χ4v) is 4.40. The van der Waals surface area contributed by atoms with E-state index < -0.39 is 29.3 Å². The van der Waals surface area contributed by atoms with Gasteiger partial charge in [0.05, 0.1) is 12.2 Å². The summed E-state index contributed by atoms with van der Waals surface area (Å²) < 4.78 is 29.8. The van der Waals surface area contributed by atoms with E-state index in [1.165, 1.54) is 23.4 Å². The summed E-state index contributed by atoms with van der Waals surface area (Å²) in [4.78, 5) is 19.0. The van der Waals surface area contributed by atoms with Gasteiger partial charge in [-0.3, -0.25) is 15.8 Å². The van der Waals surface area contributed by atoms with Crippen LogP contribution in [-0.4, -0.2) is 63.0 Å². The number of hydrogen-bond acceptors (Lipinski definition) is 7. The number of nitrogens with zero attached hydrogens (tertiary/aromatic N) is 5. The second kappa shape index (κ2) is 10.2. The van der Waals surface area contributed by atoms with Crippen molar-refractivity contribution in [3.8, 4) is 0 Å². The number of hydrogen-bond donors (Lipinski definition) is 4. The minimum absolute atomic E-state index is 0.0111. The van der Waals surface area contributed by atoms with E-state index in [1.807, 2.05) is 31.2 Å². The first kappa shape index (κ1) is 24.4. The van der Waals surface area contributed by atoms with E-state index in [2.05, 4.69) is 30.7 Å². The SMILES string of the molecule is C[C@@H](N1CCN(c2ccc(NNC(N)=O)cc2)CC1)[C@](O)(Cn1cncn1)c1ccc(F)cc1F. The van der Waals surface area contributed by atoms with Crippen molar-refractivity contribution in [1.82, 2.24) is 25.1 Å². The molecule has 2 aromatic carbocycles. The molecule has 186 valence electrons. The number of urea groups is 1. The predicted molar refractivity (Wildman–Crippen MR) is 126 cm³/mol. The summed E-state index contributed by atoms with van der Waals surface area (Å²) in [5.74, 6) is -1.51. The van der Waals surface area contributed by atoms with Crippen LogP contribution in [0.25, 0.3) is 0 Å². The Morgan fingerprint density at radius 3 is 2.49 bits per heavy atom. The van der Waals surface area contributed by atoms with E-state index in [0.29, 0.717) is 31.9 Å². The summed E-state index contributed by atoms with van der Waals surface area (Å²) in [6, 6.07) is 9.55. The van der Waals surface area contributed by atoms with Gasteiger partial charge in [0.25, 0.3) is 0 Å². The third-order valence-corrected chi connectivity index (χ3v) is 6.38. The molecule has 12 heteroatoms. The summed E-state index contributed by atoms with van der Waals surface area (Å²) in [6.45, 7) is 4.40. The first-order valence-electron chi connectivity index (χ1n) is 11.2. The fourth-order valence-electron chi connectivity index (χ4n) is 4.40. The van der Waals surface area contributed by atoms with Crippen LogP contribution in [0.4, 0.5) is 25.0 Å².